The van der Waals surface area contributed by atoms with Crippen molar-refractivity contribution in [1.82, 2.24) is 5.32 Å². The summed E-state index contributed by atoms with van der Waals surface area (Å²) in [6.45, 7) is 12.6. The van der Waals surface area contributed by atoms with E-state index < -0.39 is 0 Å². The molecule has 0 aromatic heterocycles. The molecule has 0 aromatic rings. The maximum Gasteiger partial charge on any atom is 0.155 e. The molecule has 0 heterocycles. The van der Waals surface area contributed by atoms with E-state index in [-0.39, 0.29) is 17.0 Å². The Bertz CT molecular complexity index is 300. The number of carbonyl (C=O) groups excluding carboxylic acids is 1. The SMILES string of the molecule is CC(C)(C)NC(CC1CCCCCC1)C(=O)C(C)(C)C. The fourth-order valence-corrected chi connectivity index (χ4v) is 3.21. The van der Waals surface area contributed by atoms with Crippen LogP contribution < -0.4 is 5.32 Å². The summed E-state index contributed by atoms with van der Waals surface area (Å²) in [6, 6.07) is 0.0121. The molecule has 1 aliphatic rings. The Kier molecular flexibility index (Phi) is 6.25. The van der Waals surface area contributed by atoms with Crippen molar-refractivity contribution in [2.75, 3.05) is 0 Å². The van der Waals surface area contributed by atoms with Crippen molar-refractivity contribution in [2.45, 2.75) is 98.1 Å². The van der Waals surface area contributed by atoms with Crippen LogP contribution in [0.4, 0.5) is 0 Å². The van der Waals surface area contributed by atoms with E-state index in [1.54, 1.807) is 0 Å². The monoisotopic (exact) mass is 281 g/mol. The van der Waals surface area contributed by atoms with Crippen LogP contribution in [0.5, 0.6) is 0 Å². The first-order chi connectivity index (χ1) is 9.09. The Hall–Kier alpha value is -0.370. The summed E-state index contributed by atoms with van der Waals surface area (Å²) in [5.41, 5.74) is -0.260. The number of rotatable bonds is 4. The molecule has 1 atom stereocenters. The zero-order valence-corrected chi connectivity index (χ0v) is 14.5. The van der Waals surface area contributed by atoms with Gasteiger partial charge in [-0.25, -0.2) is 0 Å². The van der Waals surface area contributed by atoms with Crippen molar-refractivity contribution in [2.24, 2.45) is 11.3 Å². The minimum atomic E-state index is -0.256. The smallest absolute Gasteiger partial charge is 0.155 e. The lowest BCUT2D eigenvalue weighted by atomic mass is 9.81. The second-order valence-corrected chi connectivity index (χ2v) is 8.65. The molecule has 2 heteroatoms. The van der Waals surface area contributed by atoms with Crippen molar-refractivity contribution in [3.05, 3.63) is 0 Å². The summed E-state index contributed by atoms with van der Waals surface area (Å²) >= 11 is 0. The number of nitrogens with one attached hydrogen (secondary N) is 1. The first-order valence-electron chi connectivity index (χ1n) is 8.41. The number of ketones is 1. The fourth-order valence-electron chi connectivity index (χ4n) is 3.21. The van der Waals surface area contributed by atoms with Crippen LogP contribution in [0.1, 0.15) is 86.5 Å². The highest BCUT2D eigenvalue weighted by Crippen LogP contribution is 2.29. The predicted molar refractivity (Wildman–Crippen MR) is 86.9 cm³/mol. The van der Waals surface area contributed by atoms with Crippen molar-refractivity contribution in [3.63, 3.8) is 0 Å². The summed E-state index contributed by atoms with van der Waals surface area (Å²) in [7, 11) is 0. The molecule has 1 fully saturated rings. The van der Waals surface area contributed by atoms with E-state index in [9.17, 15) is 4.79 Å². The van der Waals surface area contributed by atoms with Crippen molar-refractivity contribution < 1.29 is 4.79 Å². The van der Waals surface area contributed by atoms with Crippen LogP contribution in [0.3, 0.4) is 0 Å². The first kappa shape index (κ1) is 17.7. The highest BCUT2D eigenvalue weighted by molar-refractivity contribution is 5.88. The van der Waals surface area contributed by atoms with Gasteiger partial charge in [0.1, 0.15) is 0 Å². The molecule has 0 bridgehead atoms. The minimum Gasteiger partial charge on any atom is -0.303 e. The highest BCUT2D eigenvalue weighted by atomic mass is 16.1. The Morgan fingerprint density at radius 1 is 1.00 bits per heavy atom. The van der Waals surface area contributed by atoms with Crippen molar-refractivity contribution >= 4 is 5.78 Å². The molecule has 2 nitrogen and oxygen atoms in total. The molecule has 0 aromatic carbocycles. The van der Waals surface area contributed by atoms with E-state index in [2.05, 4.69) is 26.1 Å². The minimum absolute atomic E-state index is 0.00366. The molecule has 1 aliphatic carbocycles. The molecule has 1 N–H and O–H groups in total. The number of hydrogen-bond donors (Lipinski definition) is 1. The summed E-state index contributed by atoms with van der Waals surface area (Å²) in [6.07, 6.45) is 9.07. The van der Waals surface area contributed by atoms with Gasteiger partial charge in [-0.05, 0) is 33.1 Å². The molecule has 20 heavy (non-hydrogen) atoms. The van der Waals surface area contributed by atoms with Crippen LogP contribution in [-0.4, -0.2) is 17.4 Å². The lowest BCUT2D eigenvalue weighted by Crippen LogP contribution is -2.51. The third-order valence-corrected chi connectivity index (χ3v) is 4.21. The van der Waals surface area contributed by atoms with Crippen LogP contribution in [0.2, 0.25) is 0 Å². The topological polar surface area (TPSA) is 29.1 Å². The maximum absolute atomic E-state index is 12.7. The molecule has 1 unspecified atom stereocenters. The molecule has 0 saturated heterocycles. The Labute approximate surface area is 126 Å². The van der Waals surface area contributed by atoms with Gasteiger partial charge in [0.2, 0.25) is 0 Å². The van der Waals surface area contributed by atoms with E-state index in [0.29, 0.717) is 5.78 Å². The molecule has 118 valence electrons. The highest BCUT2D eigenvalue weighted by Gasteiger charge is 2.33. The van der Waals surface area contributed by atoms with Gasteiger partial charge in [0.05, 0.1) is 6.04 Å². The molecule has 0 aliphatic heterocycles. The molecule has 0 amide bonds. The third kappa shape index (κ3) is 6.39. The summed E-state index contributed by atoms with van der Waals surface area (Å²) in [4.78, 5) is 12.7. The number of carbonyl (C=O) groups is 1. The third-order valence-electron chi connectivity index (χ3n) is 4.21. The molecular formula is C18H35NO. The lowest BCUT2D eigenvalue weighted by Gasteiger charge is -2.33. The largest absolute Gasteiger partial charge is 0.303 e. The average Bonchev–Trinajstić information content (AvgIpc) is 2.52. The maximum atomic E-state index is 12.7. The van der Waals surface area contributed by atoms with Gasteiger partial charge in [0, 0.05) is 11.0 Å². The number of hydrogen-bond acceptors (Lipinski definition) is 2. The molecular weight excluding hydrogens is 246 g/mol. The second kappa shape index (κ2) is 7.06. The molecule has 1 saturated carbocycles. The van der Waals surface area contributed by atoms with Gasteiger partial charge in [-0.1, -0.05) is 59.3 Å². The van der Waals surface area contributed by atoms with Crippen LogP contribution >= 0.6 is 0 Å². The fraction of sp³-hybridized carbons (Fsp3) is 0.944. The zero-order valence-electron chi connectivity index (χ0n) is 14.5. The predicted octanol–water partition coefficient (Wildman–Crippen LogP) is 4.72. The van der Waals surface area contributed by atoms with E-state index in [1.807, 2.05) is 20.8 Å². The van der Waals surface area contributed by atoms with Gasteiger partial charge in [-0.3, -0.25) is 4.79 Å². The van der Waals surface area contributed by atoms with Gasteiger partial charge in [0.15, 0.2) is 5.78 Å². The van der Waals surface area contributed by atoms with Gasteiger partial charge < -0.3 is 5.32 Å². The zero-order chi connectivity index (χ0) is 15.4. The average molecular weight is 281 g/mol. The van der Waals surface area contributed by atoms with E-state index in [0.717, 1.165) is 12.3 Å². The van der Waals surface area contributed by atoms with Crippen molar-refractivity contribution in [1.29, 1.82) is 0 Å². The second-order valence-electron chi connectivity index (χ2n) is 8.65. The van der Waals surface area contributed by atoms with Crippen LogP contribution in [-0.2, 0) is 4.79 Å². The van der Waals surface area contributed by atoms with Gasteiger partial charge >= 0.3 is 0 Å². The van der Waals surface area contributed by atoms with Crippen LogP contribution in [0.15, 0.2) is 0 Å². The normalized spacial score (nSPS) is 20.5. The van der Waals surface area contributed by atoms with Crippen molar-refractivity contribution in [3.8, 4) is 0 Å². The van der Waals surface area contributed by atoms with E-state index >= 15 is 0 Å². The van der Waals surface area contributed by atoms with Gasteiger partial charge in [-0.2, -0.15) is 0 Å². The summed E-state index contributed by atoms with van der Waals surface area (Å²) < 4.78 is 0. The van der Waals surface area contributed by atoms with Gasteiger partial charge in [-0.15, -0.1) is 0 Å². The first-order valence-corrected chi connectivity index (χ1v) is 8.41. The molecule has 0 spiro atoms. The van der Waals surface area contributed by atoms with Crippen LogP contribution in [0, 0.1) is 11.3 Å². The van der Waals surface area contributed by atoms with Gasteiger partial charge in [0.25, 0.3) is 0 Å². The molecule has 1 rings (SSSR count). The standard InChI is InChI=1S/C18H35NO/c1-17(2,3)16(20)15(19-18(4,5)6)13-14-11-9-7-8-10-12-14/h14-15,19H,7-13H2,1-6H3. The van der Waals surface area contributed by atoms with E-state index in [1.165, 1.54) is 38.5 Å². The Balaban J connectivity index is 2.73. The Morgan fingerprint density at radius 3 is 1.90 bits per heavy atom. The Morgan fingerprint density at radius 2 is 1.50 bits per heavy atom. The lowest BCUT2D eigenvalue weighted by molar-refractivity contribution is -0.129. The molecule has 0 radical (unpaired) electrons. The quantitative estimate of drug-likeness (QED) is 0.756. The summed E-state index contributed by atoms with van der Waals surface area (Å²) in [5, 5.41) is 3.58. The van der Waals surface area contributed by atoms with Crippen LogP contribution in [0.25, 0.3) is 0 Å². The number of Topliss-reactive ketones (excluding diaryl/α,β-unsaturated/α-hetero) is 1. The van der Waals surface area contributed by atoms with E-state index in [4.69, 9.17) is 0 Å². The summed E-state index contributed by atoms with van der Waals surface area (Å²) in [5.74, 6) is 1.10.